The molecule has 0 aliphatic rings. The summed E-state index contributed by atoms with van der Waals surface area (Å²) in [4.78, 5) is 14.8. The minimum Gasteiger partial charge on any atom is -0.336 e. The number of aryl methyl sites for hydroxylation is 1. The Morgan fingerprint density at radius 2 is 1.67 bits per heavy atom. The summed E-state index contributed by atoms with van der Waals surface area (Å²) in [7, 11) is 0. The van der Waals surface area contributed by atoms with E-state index in [4.69, 9.17) is 0 Å². The van der Waals surface area contributed by atoms with Crippen molar-refractivity contribution in [3.63, 3.8) is 0 Å². The lowest BCUT2D eigenvalue weighted by Crippen LogP contribution is -2.39. The van der Waals surface area contributed by atoms with Gasteiger partial charge in [-0.15, -0.1) is 0 Å². The molecule has 1 rings (SSSR count). The number of benzene rings is 1. The standard InChI is InChI=1S/C19H31NO/c1-5-7-9-10-17(4)20(15-8-6-2)19(21)18-13-11-16(3)12-14-18/h11-14,17H,5-10,15H2,1-4H3. The molecule has 0 heterocycles. The molecule has 118 valence electrons. The zero-order chi connectivity index (χ0) is 15.7. The van der Waals surface area contributed by atoms with E-state index in [0.717, 1.165) is 31.4 Å². The maximum Gasteiger partial charge on any atom is 0.254 e. The maximum absolute atomic E-state index is 12.8. The number of nitrogens with zero attached hydrogens (tertiary/aromatic N) is 1. The third-order valence-corrected chi connectivity index (χ3v) is 4.07. The average molecular weight is 289 g/mol. The van der Waals surface area contributed by atoms with Gasteiger partial charge < -0.3 is 4.90 Å². The van der Waals surface area contributed by atoms with Crippen molar-refractivity contribution in [2.45, 2.75) is 72.3 Å². The van der Waals surface area contributed by atoms with E-state index in [1.165, 1.54) is 24.8 Å². The lowest BCUT2D eigenvalue weighted by molar-refractivity contribution is 0.0679. The monoisotopic (exact) mass is 289 g/mol. The number of hydrogen-bond donors (Lipinski definition) is 0. The quantitative estimate of drug-likeness (QED) is 0.572. The molecule has 0 N–H and O–H groups in total. The number of hydrogen-bond acceptors (Lipinski definition) is 1. The van der Waals surface area contributed by atoms with Crippen LogP contribution in [0.15, 0.2) is 24.3 Å². The van der Waals surface area contributed by atoms with E-state index in [0.29, 0.717) is 6.04 Å². The highest BCUT2D eigenvalue weighted by atomic mass is 16.2. The Labute approximate surface area is 130 Å². The minimum atomic E-state index is 0.187. The summed E-state index contributed by atoms with van der Waals surface area (Å²) >= 11 is 0. The molecule has 1 amide bonds. The molecular weight excluding hydrogens is 258 g/mol. The van der Waals surface area contributed by atoms with Crippen molar-refractivity contribution in [2.75, 3.05) is 6.54 Å². The number of amides is 1. The summed E-state index contributed by atoms with van der Waals surface area (Å²) in [5.74, 6) is 0.187. The molecule has 1 aromatic carbocycles. The van der Waals surface area contributed by atoms with Crippen LogP contribution < -0.4 is 0 Å². The lowest BCUT2D eigenvalue weighted by Gasteiger charge is -2.29. The molecule has 1 aromatic rings. The van der Waals surface area contributed by atoms with Crippen LogP contribution in [0, 0.1) is 6.92 Å². The number of carbonyl (C=O) groups excluding carboxylic acids is 1. The van der Waals surface area contributed by atoms with Crippen LogP contribution in [0.25, 0.3) is 0 Å². The Morgan fingerprint density at radius 3 is 2.24 bits per heavy atom. The van der Waals surface area contributed by atoms with Gasteiger partial charge in [-0.3, -0.25) is 4.79 Å². The van der Waals surface area contributed by atoms with E-state index in [9.17, 15) is 4.79 Å². The molecule has 0 saturated heterocycles. The fourth-order valence-electron chi connectivity index (χ4n) is 2.56. The third-order valence-electron chi connectivity index (χ3n) is 4.07. The van der Waals surface area contributed by atoms with Gasteiger partial charge in [0.05, 0.1) is 0 Å². The van der Waals surface area contributed by atoms with Gasteiger partial charge >= 0.3 is 0 Å². The molecule has 2 nitrogen and oxygen atoms in total. The highest BCUT2D eigenvalue weighted by Gasteiger charge is 2.20. The zero-order valence-corrected chi connectivity index (χ0v) is 14.2. The molecule has 2 heteroatoms. The van der Waals surface area contributed by atoms with Crippen LogP contribution in [-0.2, 0) is 0 Å². The normalized spacial score (nSPS) is 12.2. The Hall–Kier alpha value is -1.31. The van der Waals surface area contributed by atoms with Crippen LogP contribution in [0.5, 0.6) is 0 Å². The predicted molar refractivity (Wildman–Crippen MR) is 90.7 cm³/mol. The summed E-state index contributed by atoms with van der Waals surface area (Å²) in [6.07, 6.45) is 7.00. The van der Waals surface area contributed by atoms with Crippen molar-refractivity contribution in [1.82, 2.24) is 4.90 Å². The summed E-state index contributed by atoms with van der Waals surface area (Å²) < 4.78 is 0. The number of unbranched alkanes of at least 4 members (excludes halogenated alkanes) is 3. The van der Waals surface area contributed by atoms with Crippen LogP contribution in [0.3, 0.4) is 0 Å². The van der Waals surface area contributed by atoms with Gasteiger partial charge in [0.15, 0.2) is 0 Å². The van der Waals surface area contributed by atoms with E-state index in [1.807, 2.05) is 24.3 Å². The van der Waals surface area contributed by atoms with E-state index < -0.39 is 0 Å². The minimum absolute atomic E-state index is 0.187. The zero-order valence-electron chi connectivity index (χ0n) is 14.2. The topological polar surface area (TPSA) is 20.3 Å². The van der Waals surface area contributed by atoms with Crippen LogP contribution in [0.4, 0.5) is 0 Å². The van der Waals surface area contributed by atoms with Gasteiger partial charge in [0, 0.05) is 18.2 Å². The van der Waals surface area contributed by atoms with Crippen molar-refractivity contribution < 1.29 is 4.79 Å². The molecule has 21 heavy (non-hydrogen) atoms. The largest absolute Gasteiger partial charge is 0.336 e. The van der Waals surface area contributed by atoms with Crippen molar-refractivity contribution in [3.05, 3.63) is 35.4 Å². The van der Waals surface area contributed by atoms with Gasteiger partial charge in [0.25, 0.3) is 5.91 Å². The van der Waals surface area contributed by atoms with Crippen LogP contribution in [0.1, 0.15) is 75.2 Å². The van der Waals surface area contributed by atoms with Gasteiger partial charge in [-0.2, -0.15) is 0 Å². The van der Waals surface area contributed by atoms with Crippen molar-refractivity contribution in [3.8, 4) is 0 Å². The van der Waals surface area contributed by atoms with Crippen molar-refractivity contribution in [1.29, 1.82) is 0 Å². The molecule has 1 atom stereocenters. The van der Waals surface area contributed by atoms with Crippen molar-refractivity contribution >= 4 is 5.91 Å². The summed E-state index contributed by atoms with van der Waals surface area (Å²) in [5.41, 5.74) is 2.02. The van der Waals surface area contributed by atoms with Gasteiger partial charge in [0.1, 0.15) is 0 Å². The lowest BCUT2D eigenvalue weighted by atomic mass is 10.1. The Bertz CT molecular complexity index is 410. The highest BCUT2D eigenvalue weighted by Crippen LogP contribution is 2.15. The van der Waals surface area contributed by atoms with E-state index in [1.54, 1.807) is 0 Å². The number of carbonyl (C=O) groups is 1. The molecule has 0 aliphatic heterocycles. The summed E-state index contributed by atoms with van der Waals surface area (Å²) in [6.45, 7) is 9.51. The van der Waals surface area contributed by atoms with Crippen molar-refractivity contribution in [2.24, 2.45) is 0 Å². The molecule has 0 bridgehead atoms. The Kier molecular flexibility index (Phi) is 8.11. The average Bonchev–Trinajstić information content (AvgIpc) is 2.48. The fraction of sp³-hybridized carbons (Fsp3) is 0.632. The SMILES string of the molecule is CCCCCC(C)N(CCCC)C(=O)c1ccc(C)cc1. The predicted octanol–water partition coefficient (Wildman–Crippen LogP) is 5.21. The maximum atomic E-state index is 12.8. The van der Waals surface area contributed by atoms with E-state index >= 15 is 0 Å². The Morgan fingerprint density at radius 1 is 1.05 bits per heavy atom. The molecule has 0 aliphatic carbocycles. The molecule has 0 spiro atoms. The van der Waals surface area contributed by atoms with Gasteiger partial charge in [-0.05, 0) is 38.8 Å². The molecule has 0 fully saturated rings. The molecule has 1 unspecified atom stereocenters. The fourth-order valence-corrected chi connectivity index (χ4v) is 2.56. The first-order valence-corrected chi connectivity index (χ1v) is 8.47. The summed E-state index contributed by atoms with van der Waals surface area (Å²) in [6, 6.07) is 8.28. The molecule has 0 radical (unpaired) electrons. The Balaban J connectivity index is 2.75. The summed E-state index contributed by atoms with van der Waals surface area (Å²) in [5, 5.41) is 0. The highest BCUT2D eigenvalue weighted by molar-refractivity contribution is 5.94. The second kappa shape index (κ2) is 9.59. The molecule has 0 saturated carbocycles. The molecule has 0 aromatic heterocycles. The first kappa shape index (κ1) is 17.7. The second-order valence-electron chi connectivity index (χ2n) is 6.06. The molecular formula is C19H31NO. The van der Waals surface area contributed by atoms with E-state index in [-0.39, 0.29) is 5.91 Å². The van der Waals surface area contributed by atoms with Gasteiger partial charge in [-0.1, -0.05) is 57.2 Å². The van der Waals surface area contributed by atoms with Crippen LogP contribution in [0.2, 0.25) is 0 Å². The smallest absolute Gasteiger partial charge is 0.254 e. The number of rotatable bonds is 9. The van der Waals surface area contributed by atoms with Gasteiger partial charge in [-0.25, -0.2) is 0 Å². The first-order chi connectivity index (χ1) is 10.1. The van der Waals surface area contributed by atoms with Crippen LogP contribution in [-0.4, -0.2) is 23.4 Å². The second-order valence-corrected chi connectivity index (χ2v) is 6.06. The first-order valence-electron chi connectivity index (χ1n) is 8.47. The van der Waals surface area contributed by atoms with Crippen LogP contribution >= 0.6 is 0 Å². The third kappa shape index (κ3) is 5.91. The van der Waals surface area contributed by atoms with E-state index in [2.05, 4.69) is 32.6 Å². The van der Waals surface area contributed by atoms with Gasteiger partial charge in [0.2, 0.25) is 0 Å².